The maximum Gasteiger partial charge on any atom is 0.0485 e. The Morgan fingerprint density at radius 3 is 2.58 bits per heavy atom. The van der Waals surface area contributed by atoms with E-state index in [9.17, 15) is 0 Å². The van der Waals surface area contributed by atoms with Crippen LogP contribution in [0.5, 0.6) is 0 Å². The Balaban J connectivity index is 2.29. The third-order valence-electron chi connectivity index (χ3n) is 3.58. The van der Waals surface area contributed by atoms with Crippen molar-refractivity contribution in [2.45, 2.75) is 39.2 Å². The van der Waals surface area contributed by atoms with Crippen LogP contribution in [0, 0.1) is 0 Å². The molecule has 1 aliphatic rings. The molecule has 3 nitrogen and oxygen atoms in total. The molecule has 0 atom stereocenters. The summed E-state index contributed by atoms with van der Waals surface area (Å²) in [5.41, 5.74) is 6.98. The zero-order chi connectivity index (χ0) is 14.0. The van der Waals surface area contributed by atoms with E-state index in [4.69, 9.17) is 0 Å². The molecule has 0 bridgehead atoms. The number of benzene rings is 1. The van der Waals surface area contributed by atoms with Crippen molar-refractivity contribution < 1.29 is 0 Å². The molecule has 1 aliphatic heterocycles. The highest BCUT2D eigenvalue weighted by molar-refractivity contribution is 5.79. The maximum atomic E-state index is 4.22. The summed E-state index contributed by atoms with van der Waals surface area (Å²) in [5, 5.41) is 4.22. The van der Waals surface area contributed by atoms with Crippen LogP contribution in [-0.2, 0) is 5.41 Å². The molecule has 1 N–H and O–H groups in total. The van der Waals surface area contributed by atoms with Gasteiger partial charge in [-0.15, -0.1) is 0 Å². The fourth-order valence-electron chi connectivity index (χ4n) is 2.60. The number of likely N-dealkylation sites (N-methyl/N-ethyl adjacent to an activating group) is 1. The van der Waals surface area contributed by atoms with Gasteiger partial charge in [-0.05, 0) is 31.6 Å². The monoisotopic (exact) mass is 257 g/mol. The van der Waals surface area contributed by atoms with Crippen LogP contribution in [0.25, 0.3) is 0 Å². The average molecular weight is 257 g/mol. The quantitative estimate of drug-likeness (QED) is 0.664. The zero-order valence-corrected chi connectivity index (χ0v) is 12.4. The van der Waals surface area contributed by atoms with Crippen molar-refractivity contribution >= 4 is 11.9 Å². The molecular formula is C16H23N3. The Hall–Kier alpha value is -1.77. The lowest BCUT2D eigenvalue weighted by Crippen LogP contribution is -2.23. The van der Waals surface area contributed by atoms with Crippen LogP contribution in [0.2, 0.25) is 0 Å². The second-order valence-electron chi connectivity index (χ2n) is 5.82. The van der Waals surface area contributed by atoms with Crippen LogP contribution >= 0.6 is 0 Å². The van der Waals surface area contributed by atoms with E-state index in [0.29, 0.717) is 6.04 Å². The van der Waals surface area contributed by atoms with Crippen LogP contribution in [0.3, 0.4) is 0 Å². The summed E-state index contributed by atoms with van der Waals surface area (Å²) < 4.78 is 0. The molecule has 0 saturated heterocycles. The fraction of sp³-hybridized carbons (Fsp3) is 0.438. The molecule has 0 saturated carbocycles. The van der Waals surface area contributed by atoms with Gasteiger partial charge in [0.05, 0.1) is 0 Å². The molecule has 0 aromatic heterocycles. The molecule has 1 aromatic rings. The summed E-state index contributed by atoms with van der Waals surface area (Å²) in [7, 11) is 2.11. The lowest BCUT2D eigenvalue weighted by Gasteiger charge is -2.23. The molecule has 1 heterocycles. The minimum atomic E-state index is 0.0230. The zero-order valence-electron chi connectivity index (χ0n) is 12.4. The highest BCUT2D eigenvalue weighted by atomic mass is 15.3. The summed E-state index contributed by atoms with van der Waals surface area (Å²) >= 11 is 0. The van der Waals surface area contributed by atoms with E-state index in [2.05, 4.69) is 80.5 Å². The number of fused-ring (bicyclic) bond motifs is 1. The Bertz CT molecular complexity index is 512. The first-order valence-corrected chi connectivity index (χ1v) is 6.77. The van der Waals surface area contributed by atoms with Gasteiger partial charge in [0.2, 0.25) is 0 Å². The van der Waals surface area contributed by atoms with Gasteiger partial charge in [0, 0.05) is 36.1 Å². The van der Waals surface area contributed by atoms with Crippen molar-refractivity contribution in [2.75, 3.05) is 11.9 Å². The highest BCUT2D eigenvalue weighted by Crippen LogP contribution is 2.46. The second-order valence-corrected chi connectivity index (χ2v) is 5.82. The van der Waals surface area contributed by atoms with Crippen LogP contribution in [0.1, 0.15) is 33.3 Å². The number of nitrogens with one attached hydrogen (secondary N) is 1. The lowest BCUT2D eigenvalue weighted by atomic mass is 9.84. The van der Waals surface area contributed by atoms with Gasteiger partial charge in [0.1, 0.15) is 0 Å². The number of allylic oxidation sites excluding steroid dienone is 2. The third-order valence-corrected chi connectivity index (χ3v) is 3.58. The van der Waals surface area contributed by atoms with Crippen LogP contribution in [-0.4, -0.2) is 19.3 Å². The predicted octanol–water partition coefficient (Wildman–Crippen LogP) is 3.28. The molecule has 1 aromatic carbocycles. The van der Waals surface area contributed by atoms with Gasteiger partial charge in [-0.3, -0.25) is 0 Å². The number of nitrogens with zero attached hydrogens (tertiary/aromatic N) is 2. The van der Waals surface area contributed by atoms with Crippen LogP contribution in [0.15, 0.2) is 41.1 Å². The summed E-state index contributed by atoms with van der Waals surface area (Å²) in [6.45, 7) is 8.66. The number of hydrogen-bond donors (Lipinski definition) is 1. The fourth-order valence-corrected chi connectivity index (χ4v) is 2.60. The Morgan fingerprint density at radius 1 is 1.26 bits per heavy atom. The summed E-state index contributed by atoms with van der Waals surface area (Å²) in [6, 6.07) is 8.92. The molecule has 0 aliphatic carbocycles. The average Bonchev–Trinajstić information content (AvgIpc) is 2.55. The molecule has 0 fully saturated rings. The molecule has 102 valence electrons. The van der Waals surface area contributed by atoms with Gasteiger partial charge in [-0.2, -0.15) is 5.10 Å². The molecule has 2 rings (SSSR count). The SMILES string of the molecule is CC(C)N/N=C\C=C1/N(C)c2ccccc2C1(C)C. The van der Waals surface area contributed by atoms with Gasteiger partial charge in [-0.1, -0.05) is 32.0 Å². The number of hydrazone groups is 1. The van der Waals surface area contributed by atoms with Gasteiger partial charge in [0.25, 0.3) is 0 Å². The molecule has 0 spiro atoms. The van der Waals surface area contributed by atoms with E-state index in [0.717, 1.165) is 0 Å². The van der Waals surface area contributed by atoms with Crippen molar-refractivity contribution in [3.05, 3.63) is 41.6 Å². The minimum absolute atomic E-state index is 0.0230. The van der Waals surface area contributed by atoms with E-state index in [-0.39, 0.29) is 5.41 Å². The predicted molar refractivity (Wildman–Crippen MR) is 82.7 cm³/mol. The molecule has 0 unspecified atom stereocenters. The molecule has 19 heavy (non-hydrogen) atoms. The van der Waals surface area contributed by atoms with Crippen molar-refractivity contribution in [1.82, 2.24) is 5.43 Å². The van der Waals surface area contributed by atoms with Crippen molar-refractivity contribution in [1.29, 1.82) is 0 Å². The summed E-state index contributed by atoms with van der Waals surface area (Å²) in [6.07, 6.45) is 3.94. The first-order chi connectivity index (χ1) is 8.94. The van der Waals surface area contributed by atoms with E-state index in [1.165, 1.54) is 16.9 Å². The smallest absolute Gasteiger partial charge is 0.0485 e. The highest BCUT2D eigenvalue weighted by Gasteiger charge is 2.37. The largest absolute Gasteiger partial charge is 0.347 e. The Kier molecular flexibility index (Phi) is 3.65. The van der Waals surface area contributed by atoms with Crippen LogP contribution < -0.4 is 10.3 Å². The van der Waals surface area contributed by atoms with Gasteiger partial charge < -0.3 is 10.3 Å². The van der Waals surface area contributed by atoms with Crippen molar-refractivity contribution in [3.63, 3.8) is 0 Å². The Morgan fingerprint density at radius 2 is 1.95 bits per heavy atom. The lowest BCUT2D eigenvalue weighted by molar-refractivity contribution is 0.622. The summed E-state index contributed by atoms with van der Waals surface area (Å²) in [5.74, 6) is 0. The van der Waals surface area contributed by atoms with E-state index < -0.39 is 0 Å². The second kappa shape index (κ2) is 5.08. The third kappa shape index (κ3) is 2.50. The minimum Gasteiger partial charge on any atom is -0.347 e. The summed E-state index contributed by atoms with van der Waals surface area (Å²) in [4.78, 5) is 2.25. The number of para-hydroxylation sites is 1. The van der Waals surface area contributed by atoms with E-state index >= 15 is 0 Å². The molecular weight excluding hydrogens is 234 g/mol. The standard InChI is InChI=1S/C16H23N3/c1-12(2)18-17-11-10-15-16(3,4)13-8-6-7-9-14(13)19(15)5/h6-12,18H,1-5H3/b15-10-,17-11-. The first-order valence-electron chi connectivity index (χ1n) is 6.77. The Labute approximate surface area is 116 Å². The molecule has 0 amide bonds. The maximum absolute atomic E-state index is 4.22. The van der Waals surface area contributed by atoms with Gasteiger partial charge in [0.15, 0.2) is 0 Å². The van der Waals surface area contributed by atoms with E-state index in [1.54, 1.807) is 0 Å². The first kappa shape index (κ1) is 13.7. The van der Waals surface area contributed by atoms with Crippen molar-refractivity contribution in [3.8, 4) is 0 Å². The van der Waals surface area contributed by atoms with E-state index in [1.807, 2.05) is 6.21 Å². The number of rotatable bonds is 3. The molecule has 0 radical (unpaired) electrons. The van der Waals surface area contributed by atoms with Crippen LogP contribution in [0.4, 0.5) is 5.69 Å². The molecule has 3 heteroatoms. The van der Waals surface area contributed by atoms with Crippen molar-refractivity contribution in [2.24, 2.45) is 5.10 Å². The topological polar surface area (TPSA) is 27.6 Å². The number of anilines is 1. The van der Waals surface area contributed by atoms with Gasteiger partial charge in [-0.25, -0.2) is 0 Å². The number of hydrogen-bond acceptors (Lipinski definition) is 3. The van der Waals surface area contributed by atoms with Gasteiger partial charge >= 0.3 is 0 Å². The normalized spacial score (nSPS) is 19.5.